The first kappa shape index (κ1) is 14.7. The number of aryl methyl sites for hydroxylation is 1. The zero-order valence-corrected chi connectivity index (χ0v) is 12.7. The Hall–Kier alpha value is -1.23. The zero-order chi connectivity index (χ0) is 14.7. The Balaban J connectivity index is 1.70. The van der Waals surface area contributed by atoms with Crippen molar-refractivity contribution in [3.8, 4) is 0 Å². The number of pyridine rings is 1. The lowest BCUT2D eigenvalue weighted by Crippen LogP contribution is -2.41. The van der Waals surface area contributed by atoms with Crippen molar-refractivity contribution in [2.24, 2.45) is 0 Å². The van der Waals surface area contributed by atoms with Crippen molar-refractivity contribution in [3.63, 3.8) is 0 Å². The van der Waals surface area contributed by atoms with Gasteiger partial charge in [0.2, 0.25) is 0 Å². The highest BCUT2D eigenvalue weighted by Gasteiger charge is 2.44. The fourth-order valence-electron chi connectivity index (χ4n) is 3.42. The van der Waals surface area contributed by atoms with E-state index in [2.05, 4.69) is 28.6 Å². The van der Waals surface area contributed by atoms with Crippen LogP contribution >= 0.6 is 0 Å². The van der Waals surface area contributed by atoms with Crippen LogP contribution in [0.25, 0.3) is 0 Å². The Kier molecular flexibility index (Phi) is 4.68. The maximum atomic E-state index is 5.98. The molecular formula is C17H24N2O2. The average molecular weight is 288 g/mol. The van der Waals surface area contributed by atoms with Crippen molar-refractivity contribution < 1.29 is 9.47 Å². The Morgan fingerprint density at radius 1 is 1.52 bits per heavy atom. The van der Waals surface area contributed by atoms with E-state index in [1.165, 1.54) is 6.42 Å². The molecule has 1 aromatic rings. The second-order valence-corrected chi connectivity index (χ2v) is 5.91. The summed E-state index contributed by atoms with van der Waals surface area (Å²) < 4.78 is 11.9. The molecule has 21 heavy (non-hydrogen) atoms. The van der Waals surface area contributed by atoms with Crippen molar-refractivity contribution in [2.75, 3.05) is 19.8 Å². The van der Waals surface area contributed by atoms with Crippen LogP contribution in [0.2, 0.25) is 0 Å². The number of hydrogen-bond donors (Lipinski definition) is 0. The molecule has 2 aliphatic heterocycles. The molecule has 3 heterocycles. The largest absolute Gasteiger partial charge is 0.374 e. The Morgan fingerprint density at radius 2 is 2.43 bits per heavy atom. The molecule has 2 aliphatic rings. The number of aromatic nitrogens is 1. The summed E-state index contributed by atoms with van der Waals surface area (Å²) in [6.45, 7) is 9.00. The second-order valence-electron chi connectivity index (χ2n) is 5.91. The van der Waals surface area contributed by atoms with Gasteiger partial charge in [-0.25, -0.2) is 0 Å². The molecule has 0 amide bonds. The summed E-state index contributed by atoms with van der Waals surface area (Å²) in [5.41, 5.74) is 2.20. The highest BCUT2D eigenvalue weighted by atomic mass is 16.5. The van der Waals surface area contributed by atoms with Gasteiger partial charge in [0.05, 0.1) is 18.4 Å². The van der Waals surface area contributed by atoms with Gasteiger partial charge in [-0.2, -0.15) is 0 Å². The highest BCUT2D eigenvalue weighted by molar-refractivity contribution is 5.11. The lowest BCUT2D eigenvalue weighted by Gasteiger charge is -2.32. The molecule has 114 valence electrons. The molecule has 4 heteroatoms. The molecule has 4 nitrogen and oxygen atoms in total. The number of hydrogen-bond acceptors (Lipinski definition) is 4. The molecule has 3 atom stereocenters. The van der Waals surface area contributed by atoms with Gasteiger partial charge < -0.3 is 9.47 Å². The molecule has 0 spiro atoms. The third-order valence-electron chi connectivity index (χ3n) is 4.32. The van der Waals surface area contributed by atoms with E-state index in [0.29, 0.717) is 12.6 Å². The molecule has 0 aromatic carbocycles. The molecule has 0 N–H and O–H groups in total. The van der Waals surface area contributed by atoms with E-state index in [0.717, 1.165) is 37.5 Å². The maximum Gasteiger partial charge on any atom is 0.100 e. The molecule has 2 fully saturated rings. The molecule has 0 aliphatic carbocycles. The van der Waals surface area contributed by atoms with E-state index in [-0.39, 0.29) is 12.2 Å². The van der Waals surface area contributed by atoms with Crippen molar-refractivity contribution in [1.82, 2.24) is 9.88 Å². The summed E-state index contributed by atoms with van der Waals surface area (Å²) >= 11 is 0. The molecule has 0 radical (unpaired) electrons. The van der Waals surface area contributed by atoms with Crippen molar-refractivity contribution in [1.29, 1.82) is 0 Å². The minimum absolute atomic E-state index is 0.151. The molecule has 3 rings (SSSR count). The monoisotopic (exact) mass is 288 g/mol. The van der Waals surface area contributed by atoms with E-state index < -0.39 is 0 Å². The summed E-state index contributed by atoms with van der Waals surface area (Å²) in [7, 11) is 0. The molecule has 0 saturated carbocycles. The number of nitrogens with zero attached hydrogens (tertiary/aromatic N) is 2. The van der Waals surface area contributed by atoms with Gasteiger partial charge in [0.1, 0.15) is 6.10 Å². The first-order valence-corrected chi connectivity index (χ1v) is 7.78. The first-order valence-electron chi connectivity index (χ1n) is 7.78. The third-order valence-corrected chi connectivity index (χ3v) is 4.32. The zero-order valence-electron chi connectivity index (χ0n) is 12.7. The van der Waals surface area contributed by atoms with Gasteiger partial charge in [-0.1, -0.05) is 12.1 Å². The van der Waals surface area contributed by atoms with Crippen molar-refractivity contribution >= 4 is 0 Å². The fourth-order valence-corrected chi connectivity index (χ4v) is 3.42. The molecular weight excluding hydrogens is 264 g/mol. The van der Waals surface area contributed by atoms with Gasteiger partial charge in [-0.3, -0.25) is 9.88 Å². The standard InChI is InChI=1S/C17H24N2O2/c1-3-9-20-16-12-19(15-8-5-10-21-17(15)16)11-14-7-4-6-13(2)18-14/h3-4,6-7,15-17H,1,5,8-12H2,2H3/t15-,16-,17+/m1/s1. The summed E-state index contributed by atoms with van der Waals surface area (Å²) in [5.74, 6) is 0. The minimum atomic E-state index is 0.151. The van der Waals surface area contributed by atoms with Gasteiger partial charge >= 0.3 is 0 Å². The minimum Gasteiger partial charge on any atom is -0.374 e. The van der Waals surface area contributed by atoms with Gasteiger partial charge in [-0.05, 0) is 31.9 Å². The van der Waals surface area contributed by atoms with Crippen molar-refractivity contribution in [3.05, 3.63) is 42.2 Å². The van der Waals surface area contributed by atoms with Crippen LogP contribution in [0.15, 0.2) is 30.9 Å². The van der Waals surface area contributed by atoms with Gasteiger partial charge in [0.15, 0.2) is 0 Å². The van der Waals surface area contributed by atoms with Crippen molar-refractivity contribution in [2.45, 2.75) is 44.6 Å². The smallest absolute Gasteiger partial charge is 0.100 e. The average Bonchev–Trinajstić information content (AvgIpc) is 2.84. The number of ether oxygens (including phenoxy) is 2. The predicted molar refractivity (Wildman–Crippen MR) is 82.1 cm³/mol. The summed E-state index contributed by atoms with van der Waals surface area (Å²) in [5, 5.41) is 0. The Labute approximate surface area is 126 Å². The molecule has 0 unspecified atom stereocenters. The van der Waals surface area contributed by atoms with Crippen LogP contribution in [-0.4, -0.2) is 47.9 Å². The van der Waals surface area contributed by atoms with Crippen LogP contribution in [0.3, 0.4) is 0 Å². The molecule has 0 bridgehead atoms. The Bertz CT molecular complexity index is 491. The number of rotatable bonds is 5. The van der Waals surface area contributed by atoms with Crippen LogP contribution in [0.4, 0.5) is 0 Å². The van der Waals surface area contributed by atoms with E-state index in [9.17, 15) is 0 Å². The molecule has 2 saturated heterocycles. The predicted octanol–water partition coefficient (Wildman–Crippen LogP) is 2.32. The van der Waals surface area contributed by atoms with Gasteiger partial charge in [0.25, 0.3) is 0 Å². The highest BCUT2D eigenvalue weighted by Crippen LogP contribution is 2.31. The van der Waals surface area contributed by atoms with Crippen LogP contribution in [0.1, 0.15) is 24.2 Å². The number of likely N-dealkylation sites (tertiary alicyclic amines) is 1. The lowest BCUT2D eigenvalue weighted by molar-refractivity contribution is -0.0721. The first-order chi connectivity index (χ1) is 10.3. The molecule has 1 aromatic heterocycles. The quantitative estimate of drug-likeness (QED) is 0.779. The summed E-state index contributed by atoms with van der Waals surface area (Å²) in [4.78, 5) is 7.09. The maximum absolute atomic E-state index is 5.98. The summed E-state index contributed by atoms with van der Waals surface area (Å²) in [6.07, 6.45) is 4.47. The van der Waals surface area contributed by atoms with Crippen LogP contribution in [0, 0.1) is 6.92 Å². The SMILES string of the molecule is C=CCO[C@@H]1CN(Cc2cccc(C)n2)[C@@H]2CCCO[C@@H]21. The van der Waals surface area contributed by atoms with Gasteiger partial charge in [-0.15, -0.1) is 6.58 Å². The van der Waals surface area contributed by atoms with E-state index in [1.54, 1.807) is 0 Å². The lowest BCUT2D eigenvalue weighted by atomic mass is 10.0. The van der Waals surface area contributed by atoms with E-state index in [4.69, 9.17) is 9.47 Å². The van der Waals surface area contributed by atoms with Crippen LogP contribution < -0.4 is 0 Å². The van der Waals surface area contributed by atoms with E-state index in [1.807, 2.05) is 19.1 Å². The summed E-state index contributed by atoms with van der Waals surface area (Å²) in [6, 6.07) is 6.67. The number of fused-ring (bicyclic) bond motifs is 1. The third kappa shape index (κ3) is 3.34. The topological polar surface area (TPSA) is 34.6 Å². The fraction of sp³-hybridized carbons (Fsp3) is 0.588. The van der Waals surface area contributed by atoms with Crippen LogP contribution in [0.5, 0.6) is 0 Å². The second kappa shape index (κ2) is 6.69. The normalized spacial score (nSPS) is 29.3. The van der Waals surface area contributed by atoms with Crippen LogP contribution in [-0.2, 0) is 16.0 Å². The van der Waals surface area contributed by atoms with Gasteiger partial charge in [0, 0.05) is 31.4 Å². The van der Waals surface area contributed by atoms with E-state index >= 15 is 0 Å². The Morgan fingerprint density at radius 3 is 3.24 bits per heavy atom.